The topological polar surface area (TPSA) is 47.0 Å². The summed E-state index contributed by atoms with van der Waals surface area (Å²) in [6.07, 6.45) is -0.696. The SMILES string of the molecule is Cc1ccc(OC[C@@H](C)CCc2ccc(Nc3nc(-c4cccnc4)c(F)s3)cc2C(F)(F)F)cc1. The summed E-state index contributed by atoms with van der Waals surface area (Å²) in [6.45, 7) is 4.35. The van der Waals surface area contributed by atoms with Crippen LogP contribution in [0.3, 0.4) is 0 Å². The first-order valence-electron chi connectivity index (χ1n) is 11.4. The molecule has 0 aliphatic rings. The number of nitrogens with one attached hydrogen (secondary N) is 1. The average molecular weight is 516 g/mol. The molecule has 188 valence electrons. The van der Waals surface area contributed by atoms with Gasteiger partial charge in [0, 0.05) is 23.6 Å². The van der Waals surface area contributed by atoms with Crippen LogP contribution >= 0.6 is 11.3 Å². The second-order valence-corrected chi connectivity index (χ2v) is 9.59. The molecule has 0 aliphatic carbocycles. The summed E-state index contributed by atoms with van der Waals surface area (Å²) in [5.74, 6) is 0.804. The lowest BCUT2D eigenvalue weighted by molar-refractivity contribution is -0.138. The molecule has 0 bridgehead atoms. The van der Waals surface area contributed by atoms with E-state index in [4.69, 9.17) is 4.74 Å². The van der Waals surface area contributed by atoms with Crippen LogP contribution in [0.5, 0.6) is 5.75 Å². The molecule has 2 aromatic heterocycles. The van der Waals surface area contributed by atoms with Crippen molar-refractivity contribution in [2.24, 2.45) is 5.92 Å². The van der Waals surface area contributed by atoms with Crippen LogP contribution in [0.1, 0.15) is 30.0 Å². The summed E-state index contributed by atoms with van der Waals surface area (Å²) in [6, 6.07) is 15.0. The minimum Gasteiger partial charge on any atom is -0.493 e. The fourth-order valence-electron chi connectivity index (χ4n) is 3.65. The first-order chi connectivity index (χ1) is 17.2. The fraction of sp³-hybridized carbons (Fsp3) is 0.259. The summed E-state index contributed by atoms with van der Waals surface area (Å²) >= 11 is 0.728. The van der Waals surface area contributed by atoms with Crippen LogP contribution in [0.4, 0.5) is 28.4 Å². The molecule has 0 saturated carbocycles. The van der Waals surface area contributed by atoms with E-state index in [1.807, 2.05) is 38.1 Å². The maximum atomic E-state index is 14.4. The molecular formula is C27H25F4N3OS. The summed E-state index contributed by atoms with van der Waals surface area (Å²) in [5, 5.41) is 2.43. The Kier molecular flexibility index (Phi) is 7.88. The molecule has 0 amide bonds. The van der Waals surface area contributed by atoms with E-state index in [1.165, 1.54) is 12.3 Å². The highest BCUT2D eigenvalue weighted by molar-refractivity contribution is 7.14. The number of alkyl halides is 3. The van der Waals surface area contributed by atoms with Crippen molar-refractivity contribution in [3.63, 3.8) is 0 Å². The molecular weight excluding hydrogens is 490 g/mol. The van der Waals surface area contributed by atoms with E-state index in [1.54, 1.807) is 24.4 Å². The van der Waals surface area contributed by atoms with Crippen LogP contribution in [0.15, 0.2) is 67.0 Å². The van der Waals surface area contributed by atoms with E-state index < -0.39 is 16.9 Å². The largest absolute Gasteiger partial charge is 0.493 e. The highest BCUT2D eigenvalue weighted by atomic mass is 32.1. The number of hydrogen-bond donors (Lipinski definition) is 1. The summed E-state index contributed by atoms with van der Waals surface area (Å²) in [7, 11) is 0. The van der Waals surface area contributed by atoms with Gasteiger partial charge in [0.15, 0.2) is 5.13 Å². The molecule has 4 rings (SSSR count). The van der Waals surface area contributed by atoms with Crippen LogP contribution in [0, 0.1) is 18.0 Å². The third-order valence-electron chi connectivity index (χ3n) is 5.65. The van der Waals surface area contributed by atoms with Crippen molar-refractivity contribution in [1.29, 1.82) is 0 Å². The van der Waals surface area contributed by atoms with Gasteiger partial charge in [0.05, 0.1) is 12.2 Å². The zero-order valence-electron chi connectivity index (χ0n) is 19.8. The smallest absolute Gasteiger partial charge is 0.416 e. The molecule has 0 unspecified atom stereocenters. The maximum absolute atomic E-state index is 14.4. The normalized spacial score (nSPS) is 12.4. The Labute approximate surface area is 211 Å². The monoisotopic (exact) mass is 515 g/mol. The Hall–Kier alpha value is -3.46. The number of aryl methyl sites for hydroxylation is 2. The maximum Gasteiger partial charge on any atom is 0.416 e. The van der Waals surface area contributed by atoms with Crippen molar-refractivity contribution in [1.82, 2.24) is 9.97 Å². The van der Waals surface area contributed by atoms with E-state index in [0.29, 0.717) is 18.6 Å². The van der Waals surface area contributed by atoms with Crippen molar-refractivity contribution in [3.8, 4) is 17.0 Å². The lowest BCUT2D eigenvalue weighted by Gasteiger charge is -2.17. The molecule has 1 atom stereocenters. The zero-order chi connectivity index (χ0) is 25.7. The Bertz CT molecular complexity index is 1290. The van der Waals surface area contributed by atoms with E-state index >= 15 is 0 Å². The number of rotatable bonds is 9. The van der Waals surface area contributed by atoms with Gasteiger partial charge in [0.1, 0.15) is 11.4 Å². The standard InChI is InChI=1S/C27H25F4N3OS/c1-17-6-11-22(12-7-17)35-16-18(2)5-8-19-9-10-21(14-23(19)27(29,30)31)33-26-34-24(25(28)36-26)20-4-3-13-32-15-20/h3-4,6-7,9-15,18H,5,8,16H2,1-2H3,(H,33,34)/t18-/m0/s1. The van der Waals surface area contributed by atoms with Gasteiger partial charge in [0.2, 0.25) is 5.13 Å². The molecule has 0 aliphatic heterocycles. The van der Waals surface area contributed by atoms with Crippen LogP contribution in [-0.2, 0) is 12.6 Å². The lowest BCUT2D eigenvalue weighted by Crippen LogP contribution is -2.13. The van der Waals surface area contributed by atoms with Crippen LogP contribution < -0.4 is 10.1 Å². The molecule has 2 aromatic carbocycles. The predicted octanol–water partition coefficient (Wildman–Crippen LogP) is 8.06. The molecule has 4 aromatic rings. The third-order valence-corrected chi connectivity index (χ3v) is 6.41. The molecule has 36 heavy (non-hydrogen) atoms. The van der Waals surface area contributed by atoms with Crippen LogP contribution in [-0.4, -0.2) is 16.6 Å². The summed E-state index contributed by atoms with van der Waals surface area (Å²) < 4.78 is 61.7. The first-order valence-corrected chi connectivity index (χ1v) is 12.2. The van der Waals surface area contributed by atoms with Gasteiger partial charge in [0.25, 0.3) is 0 Å². The number of ether oxygens (including phenoxy) is 1. The minimum atomic E-state index is -4.52. The first kappa shape index (κ1) is 25.6. The van der Waals surface area contributed by atoms with Gasteiger partial charge in [-0.05, 0) is 67.6 Å². The zero-order valence-corrected chi connectivity index (χ0v) is 20.6. The van der Waals surface area contributed by atoms with E-state index in [-0.39, 0.29) is 34.4 Å². The lowest BCUT2D eigenvalue weighted by atomic mass is 9.97. The molecule has 0 spiro atoms. The third kappa shape index (κ3) is 6.60. The van der Waals surface area contributed by atoms with Gasteiger partial charge >= 0.3 is 6.18 Å². The van der Waals surface area contributed by atoms with Crippen molar-refractivity contribution >= 4 is 22.2 Å². The van der Waals surface area contributed by atoms with Crippen molar-refractivity contribution in [2.45, 2.75) is 32.9 Å². The second-order valence-electron chi connectivity index (χ2n) is 8.65. The highest BCUT2D eigenvalue weighted by Gasteiger charge is 2.33. The predicted molar refractivity (Wildman–Crippen MR) is 134 cm³/mol. The quantitative estimate of drug-likeness (QED) is 0.229. The van der Waals surface area contributed by atoms with Crippen molar-refractivity contribution in [2.75, 3.05) is 11.9 Å². The van der Waals surface area contributed by atoms with E-state index in [9.17, 15) is 17.6 Å². The Morgan fingerprint density at radius 3 is 2.56 bits per heavy atom. The average Bonchev–Trinajstić information content (AvgIpc) is 3.22. The second kappa shape index (κ2) is 11.1. The van der Waals surface area contributed by atoms with Gasteiger partial charge in [-0.1, -0.05) is 42.0 Å². The van der Waals surface area contributed by atoms with Gasteiger partial charge in [-0.25, -0.2) is 4.98 Å². The van der Waals surface area contributed by atoms with Gasteiger partial charge in [-0.15, -0.1) is 0 Å². The number of pyridine rings is 1. The number of nitrogens with zero attached hydrogens (tertiary/aromatic N) is 2. The minimum absolute atomic E-state index is 0.0642. The van der Waals surface area contributed by atoms with Crippen molar-refractivity contribution < 1.29 is 22.3 Å². The van der Waals surface area contributed by atoms with Gasteiger partial charge in [-0.3, -0.25) is 4.98 Å². The van der Waals surface area contributed by atoms with Crippen LogP contribution in [0.25, 0.3) is 11.3 Å². The number of hydrogen-bond acceptors (Lipinski definition) is 5. The molecule has 1 N–H and O–H groups in total. The van der Waals surface area contributed by atoms with E-state index in [2.05, 4.69) is 15.3 Å². The van der Waals surface area contributed by atoms with Gasteiger partial charge in [-0.2, -0.15) is 17.6 Å². The Morgan fingerprint density at radius 2 is 1.86 bits per heavy atom. The Balaban J connectivity index is 1.43. The highest BCUT2D eigenvalue weighted by Crippen LogP contribution is 2.36. The number of benzene rings is 2. The molecule has 0 saturated heterocycles. The summed E-state index contributed by atoms with van der Waals surface area (Å²) in [5.41, 5.74) is 1.40. The van der Waals surface area contributed by atoms with Crippen LogP contribution in [0.2, 0.25) is 0 Å². The number of aromatic nitrogens is 2. The number of halogens is 4. The number of anilines is 2. The number of thiazole rings is 1. The van der Waals surface area contributed by atoms with Gasteiger partial charge < -0.3 is 10.1 Å². The summed E-state index contributed by atoms with van der Waals surface area (Å²) in [4.78, 5) is 8.14. The Morgan fingerprint density at radius 1 is 1.08 bits per heavy atom. The molecule has 0 fully saturated rings. The molecule has 0 radical (unpaired) electrons. The molecule has 9 heteroatoms. The van der Waals surface area contributed by atoms with Crippen molar-refractivity contribution in [3.05, 3.63) is 88.8 Å². The fourth-order valence-corrected chi connectivity index (χ4v) is 4.39. The molecule has 2 heterocycles. The molecule has 4 nitrogen and oxygen atoms in total. The van der Waals surface area contributed by atoms with E-state index in [0.717, 1.165) is 28.7 Å².